The molecule has 3 nitrogen and oxygen atoms in total. The third kappa shape index (κ3) is 1.13. The largest absolute Gasteiger partial charge is 0.484 e. The Balaban J connectivity index is 2.05. The number of ether oxygens (including phenoxy) is 1. The Hall–Kier alpha value is -1.06. The monoisotopic (exact) mass is 205 g/mol. The summed E-state index contributed by atoms with van der Waals surface area (Å²) in [6, 6.07) is 7.41. The van der Waals surface area contributed by atoms with Gasteiger partial charge in [-0.05, 0) is 25.3 Å². The summed E-state index contributed by atoms with van der Waals surface area (Å²) in [5.41, 5.74) is 6.57. The molecule has 2 unspecified atom stereocenters. The van der Waals surface area contributed by atoms with Gasteiger partial charge in [0.15, 0.2) is 0 Å². The van der Waals surface area contributed by atoms with Crippen LogP contribution in [0.2, 0.25) is 0 Å². The van der Waals surface area contributed by atoms with E-state index in [9.17, 15) is 5.11 Å². The van der Waals surface area contributed by atoms with E-state index < -0.39 is 11.7 Å². The average molecular weight is 205 g/mol. The fourth-order valence-electron chi connectivity index (χ4n) is 2.55. The van der Waals surface area contributed by atoms with Crippen LogP contribution in [0.5, 0.6) is 5.75 Å². The molecule has 1 fully saturated rings. The lowest BCUT2D eigenvalue weighted by molar-refractivity contribution is -0.127. The molecule has 2 aliphatic rings. The zero-order valence-electron chi connectivity index (χ0n) is 8.52. The first-order chi connectivity index (χ1) is 7.23. The van der Waals surface area contributed by atoms with Gasteiger partial charge >= 0.3 is 0 Å². The first kappa shape index (κ1) is 9.19. The van der Waals surface area contributed by atoms with E-state index in [1.165, 1.54) is 0 Å². The van der Waals surface area contributed by atoms with Gasteiger partial charge in [-0.25, -0.2) is 0 Å². The first-order valence-corrected chi connectivity index (χ1v) is 5.44. The van der Waals surface area contributed by atoms with Crippen LogP contribution in [-0.4, -0.2) is 16.8 Å². The number of benzene rings is 1. The van der Waals surface area contributed by atoms with Crippen molar-refractivity contribution in [2.75, 3.05) is 0 Å². The summed E-state index contributed by atoms with van der Waals surface area (Å²) < 4.78 is 5.91. The van der Waals surface area contributed by atoms with Gasteiger partial charge in [-0.15, -0.1) is 0 Å². The molecule has 0 radical (unpaired) electrons. The summed E-state index contributed by atoms with van der Waals surface area (Å²) in [7, 11) is 0. The van der Waals surface area contributed by atoms with Gasteiger partial charge in [-0.3, -0.25) is 0 Å². The van der Waals surface area contributed by atoms with Crippen LogP contribution in [0, 0.1) is 0 Å². The molecular weight excluding hydrogens is 190 g/mol. The van der Waals surface area contributed by atoms with Gasteiger partial charge in [0.1, 0.15) is 17.5 Å². The molecule has 1 saturated carbocycles. The lowest BCUT2D eigenvalue weighted by atomic mass is 9.71. The number of fused-ring (bicyclic) bond motifs is 1. The van der Waals surface area contributed by atoms with E-state index in [0.717, 1.165) is 30.6 Å². The van der Waals surface area contributed by atoms with E-state index in [0.29, 0.717) is 0 Å². The van der Waals surface area contributed by atoms with Crippen molar-refractivity contribution in [1.82, 2.24) is 0 Å². The van der Waals surface area contributed by atoms with E-state index >= 15 is 0 Å². The van der Waals surface area contributed by atoms with Crippen LogP contribution in [-0.2, 0) is 0 Å². The zero-order chi connectivity index (χ0) is 10.5. The average Bonchev–Trinajstić information content (AvgIpc) is 2.21. The number of aliphatic hydroxyl groups is 1. The van der Waals surface area contributed by atoms with Gasteiger partial charge in [0, 0.05) is 5.56 Å². The maximum Gasteiger partial charge on any atom is 0.137 e. The third-order valence-electron chi connectivity index (χ3n) is 3.67. The van der Waals surface area contributed by atoms with Crippen LogP contribution in [0.25, 0.3) is 0 Å². The van der Waals surface area contributed by atoms with Crippen LogP contribution >= 0.6 is 0 Å². The molecule has 0 amide bonds. The molecule has 1 aromatic rings. The van der Waals surface area contributed by atoms with Crippen LogP contribution in [0.3, 0.4) is 0 Å². The molecule has 0 saturated heterocycles. The Kier molecular flexibility index (Phi) is 1.82. The lowest BCUT2D eigenvalue weighted by Crippen LogP contribution is -2.59. The topological polar surface area (TPSA) is 55.5 Å². The standard InChI is InChI=1S/C12H15NO2/c13-10-8-4-1-2-5-9(8)15-12(11(10)14)6-3-7-12/h1-2,4-5,10-11,14H,3,6-7,13H2. The molecule has 1 heterocycles. The van der Waals surface area contributed by atoms with Gasteiger partial charge < -0.3 is 15.6 Å². The molecule has 3 N–H and O–H groups in total. The molecule has 3 heteroatoms. The molecule has 1 aliphatic carbocycles. The number of para-hydroxylation sites is 1. The Morgan fingerprint density at radius 1 is 1.33 bits per heavy atom. The Morgan fingerprint density at radius 2 is 2.07 bits per heavy atom. The van der Waals surface area contributed by atoms with E-state index in [1.807, 2.05) is 24.3 Å². The van der Waals surface area contributed by atoms with Gasteiger partial charge in [0.25, 0.3) is 0 Å². The summed E-state index contributed by atoms with van der Waals surface area (Å²) in [5.74, 6) is 0.843. The maximum absolute atomic E-state index is 10.1. The molecule has 80 valence electrons. The van der Waals surface area contributed by atoms with Crippen molar-refractivity contribution in [2.24, 2.45) is 5.73 Å². The van der Waals surface area contributed by atoms with Gasteiger partial charge in [-0.1, -0.05) is 18.2 Å². The van der Waals surface area contributed by atoms with E-state index in [1.54, 1.807) is 0 Å². The summed E-state index contributed by atoms with van der Waals surface area (Å²) >= 11 is 0. The molecule has 1 spiro atoms. The van der Waals surface area contributed by atoms with Gasteiger partial charge in [0.2, 0.25) is 0 Å². The molecule has 0 aromatic heterocycles. The lowest BCUT2D eigenvalue weighted by Gasteiger charge is -2.50. The number of hydrogen-bond donors (Lipinski definition) is 2. The highest BCUT2D eigenvalue weighted by Crippen LogP contribution is 2.47. The van der Waals surface area contributed by atoms with Gasteiger partial charge in [-0.2, -0.15) is 0 Å². The number of hydrogen-bond acceptors (Lipinski definition) is 3. The minimum Gasteiger partial charge on any atom is -0.484 e. The van der Waals surface area contributed by atoms with Crippen molar-refractivity contribution < 1.29 is 9.84 Å². The van der Waals surface area contributed by atoms with E-state index in [4.69, 9.17) is 10.5 Å². The fourth-order valence-corrected chi connectivity index (χ4v) is 2.55. The normalized spacial score (nSPS) is 31.6. The van der Waals surface area contributed by atoms with E-state index in [-0.39, 0.29) is 6.04 Å². The minimum atomic E-state index is -0.568. The summed E-state index contributed by atoms with van der Waals surface area (Å²) in [5, 5.41) is 10.1. The molecule has 1 aliphatic heterocycles. The molecule has 2 atom stereocenters. The van der Waals surface area contributed by atoms with Crippen molar-refractivity contribution >= 4 is 0 Å². The Bertz CT molecular complexity index is 387. The number of rotatable bonds is 0. The minimum absolute atomic E-state index is 0.310. The third-order valence-corrected chi connectivity index (χ3v) is 3.67. The first-order valence-electron chi connectivity index (χ1n) is 5.44. The predicted molar refractivity (Wildman–Crippen MR) is 56.6 cm³/mol. The Labute approximate surface area is 88.9 Å². The fraction of sp³-hybridized carbons (Fsp3) is 0.500. The van der Waals surface area contributed by atoms with Crippen LogP contribution < -0.4 is 10.5 Å². The van der Waals surface area contributed by atoms with Crippen molar-refractivity contribution in [3.05, 3.63) is 29.8 Å². The van der Waals surface area contributed by atoms with Gasteiger partial charge in [0.05, 0.1) is 6.04 Å². The number of nitrogens with two attached hydrogens (primary N) is 1. The summed E-state index contributed by atoms with van der Waals surface area (Å²) in [6.07, 6.45) is 2.37. The second-order valence-corrected chi connectivity index (χ2v) is 4.53. The molecule has 0 bridgehead atoms. The van der Waals surface area contributed by atoms with Crippen molar-refractivity contribution in [3.8, 4) is 5.75 Å². The van der Waals surface area contributed by atoms with Crippen molar-refractivity contribution in [3.63, 3.8) is 0 Å². The zero-order valence-corrected chi connectivity index (χ0v) is 8.52. The quantitative estimate of drug-likeness (QED) is 0.672. The van der Waals surface area contributed by atoms with E-state index in [2.05, 4.69) is 0 Å². The van der Waals surface area contributed by atoms with Crippen LogP contribution in [0.4, 0.5) is 0 Å². The molecule has 1 aromatic carbocycles. The SMILES string of the molecule is NC1c2ccccc2OC2(CCC2)C1O. The highest BCUT2D eigenvalue weighted by atomic mass is 16.5. The number of aliphatic hydroxyl groups excluding tert-OH is 1. The second kappa shape index (κ2) is 2.97. The van der Waals surface area contributed by atoms with Crippen LogP contribution in [0.15, 0.2) is 24.3 Å². The second-order valence-electron chi connectivity index (χ2n) is 4.53. The highest BCUT2D eigenvalue weighted by Gasteiger charge is 2.51. The summed E-state index contributed by atoms with van der Waals surface area (Å²) in [6.45, 7) is 0. The maximum atomic E-state index is 10.1. The van der Waals surface area contributed by atoms with Crippen molar-refractivity contribution in [2.45, 2.75) is 37.0 Å². The van der Waals surface area contributed by atoms with Crippen LogP contribution in [0.1, 0.15) is 30.9 Å². The molecule has 3 rings (SSSR count). The smallest absolute Gasteiger partial charge is 0.137 e. The molecular formula is C12H15NO2. The summed E-state index contributed by atoms with van der Waals surface area (Å²) in [4.78, 5) is 0. The Morgan fingerprint density at radius 3 is 2.73 bits per heavy atom. The predicted octanol–water partition coefficient (Wildman–Crippen LogP) is 1.36. The molecule has 15 heavy (non-hydrogen) atoms. The highest BCUT2D eigenvalue weighted by molar-refractivity contribution is 5.40. The van der Waals surface area contributed by atoms with Crippen molar-refractivity contribution in [1.29, 1.82) is 0 Å².